The molecule has 5 N–H and O–H groups in total. The molecule has 38 heavy (non-hydrogen) atoms. The number of nitrogen functional groups attached to an aromatic ring is 1. The minimum Gasteiger partial charge on any atom is -0.410 e. The minimum absolute atomic E-state index is 0.0543. The largest absolute Gasteiger partial charge is 0.420 e. The molecule has 0 radical (unpaired) electrons. The Labute approximate surface area is 218 Å². The molecule has 2 heterocycles. The zero-order valence-corrected chi connectivity index (χ0v) is 20.8. The second kappa shape index (κ2) is 10.9. The van der Waals surface area contributed by atoms with Crippen molar-refractivity contribution in [3.05, 3.63) is 95.6 Å². The van der Waals surface area contributed by atoms with E-state index in [-0.39, 0.29) is 11.9 Å². The number of nitrogens with two attached hydrogens (primary N) is 1. The number of H-pyrrole nitrogens is 2. The lowest BCUT2D eigenvalue weighted by atomic mass is 10.1. The molecule has 0 bridgehead atoms. The summed E-state index contributed by atoms with van der Waals surface area (Å²) in [5, 5.41) is 21.6. The fourth-order valence-corrected chi connectivity index (χ4v) is 4.24. The minimum atomic E-state index is -0.514. The zero-order valence-electron chi connectivity index (χ0n) is 20.8. The van der Waals surface area contributed by atoms with Crippen molar-refractivity contribution in [2.24, 2.45) is 5.73 Å². The van der Waals surface area contributed by atoms with E-state index in [9.17, 15) is 4.79 Å². The van der Waals surface area contributed by atoms with Crippen LogP contribution >= 0.6 is 0 Å². The molecule has 11 heteroatoms. The van der Waals surface area contributed by atoms with Crippen LogP contribution in [0.1, 0.15) is 29.7 Å². The van der Waals surface area contributed by atoms with Gasteiger partial charge >= 0.3 is 6.09 Å². The molecule has 2 aromatic heterocycles. The standard InChI is InChI=1S/C27H27N9O2/c1-17(15-25-32-34-35-33-25)36(20-5-3-2-4-6-20)27(37)38-21-12-13-22-23(16-21)31-24(30-22)14-9-18-7-10-19(11-8-18)26(28)29/h2-8,10-13,16-17H,9,14-15H2,1H3,(H3,28,29)(H,30,31)(H,32,33,34,35). The van der Waals surface area contributed by atoms with Gasteiger partial charge in [-0.25, -0.2) is 9.78 Å². The number of rotatable bonds is 9. The molecule has 1 atom stereocenters. The van der Waals surface area contributed by atoms with Gasteiger partial charge in [0.1, 0.15) is 17.4 Å². The topological polar surface area (TPSA) is 163 Å². The summed E-state index contributed by atoms with van der Waals surface area (Å²) in [5.74, 6) is 1.80. The quantitative estimate of drug-likeness (QED) is 0.173. The summed E-state index contributed by atoms with van der Waals surface area (Å²) >= 11 is 0. The number of fused-ring (bicyclic) bond motifs is 1. The second-order valence-electron chi connectivity index (χ2n) is 8.93. The smallest absolute Gasteiger partial charge is 0.410 e. The highest BCUT2D eigenvalue weighted by molar-refractivity contribution is 5.94. The first-order chi connectivity index (χ1) is 18.5. The molecule has 5 rings (SSSR count). The van der Waals surface area contributed by atoms with Crippen LogP contribution in [-0.4, -0.2) is 48.6 Å². The number of tetrazole rings is 1. The molecule has 1 amide bonds. The van der Waals surface area contributed by atoms with E-state index in [1.165, 1.54) is 0 Å². The van der Waals surface area contributed by atoms with Crippen molar-refractivity contribution in [3.63, 3.8) is 0 Å². The summed E-state index contributed by atoms with van der Waals surface area (Å²) < 4.78 is 5.80. The summed E-state index contributed by atoms with van der Waals surface area (Å²) in [7, 11) is 0. The third-order valence-corrected chi connectivity index (χ3v) is 6.16. The maximum atomic E-state index is 13.3. The second-order valence-corrected chi connectivity index (χ2v) is 8.93. The molecule has 5 aromatic rings. The number of para-hydroxylation sites is 1. The average Bonchev–Trinajstić information content (AvgIpc) is 3.57. The van der Waals surface area contributed by atoms with E-state index in [0.29, 0.717) is 35.7 Å². The zero-order chi connectivity index (χ0) is 26.5. The Kier molecular flexibility index (Phi) is 7.07. The number of carbonyl (C=O) groups is 1. The maximum absolute atomic E-state index is 13.3. The number of nitrogens with one attached hydrogen (secondary N) is 3. The number of aromatic nitrogens is 6. The maximum Gasteiger partial charge on any atom is 0.420 e. The lowest BCUT2D eigenvalue weighted by molar-refractivity contribution is 0.205. The molecule has 0 saturated carbocycles. The van der Waals surface area contributed by atoms with Crippen LogP contribution in [0.2, 0.25) is 0 Å². The van der Waals surface area contributed by atoms with Crippen LogP contribution in [0, 0.1) is 5.41 Å². The van der Waals surface area contributed by atoms with Crippen LogP contribution in [0.3, 0.4) is 0 Å². The van der Waals surface area contributed by atoms with E-state index in [1.54, 1.807) is 17.0 Å². The Morgan fingerprint density at radius 1 is 1.08 bits per heavy atom. The Hall–Kier alpha value is -5.06. The SMILES string of the molecule is CC(Cc1nn[nH]n1)N(C(=O)Oc1ccc2nc(CCc3ccc(C(=N)N)cc3)[nH]c2c1)c1ccccc1. The number of carbonyl (C=O) groups excluding carboxylic acids is 1. The molecular weight excluding hydrogens is 482 g/mol. The number of hydrogen-bond donors (Lipinski definition) is 4. The number of ether oxygens (including phenoxy) is 1. The summed E-state index contributed by atoms with van der Waals surface area (Å²) in [5.41, 5.74) is 9.63. The monoisotopic (exact) mass is 509 g/mol. The predicted molar refractivity (Wildman–Crippen MR) is 143 cm³/mol. The average molecular weight is 510 g/mol. The molecule has 0 aliphatic rings. The van der Waals surface area contributed by atoms with E-state index in [2.05, 4.69) is 30.6 Å². The third kappa shape index (κ3) is 5.67. The highest BCUT2D eigenvalue weighted by atomic mass is 16.6. The van der Waals surface area contributed by atoms with Gasteiger partial charge in [-0.05, 0) is 43.2 Å². The van der Waals surface area contributed by atoms with E-state index < -0.39 is 6.09 Å². The first-order valence-electron chi connectivity index (χ1n) is 12.2. The summed E-state index contributed by atoms with van der Waals surface area (Å²) in [4.78, 5) is 22.9. The molecule has 0 saturated heterocycles. The number of hydrogen-bond acceptors (Lipinski definition) is 7. The number of aromatic amines is 2. The van der Waals surface area contributed by atoms with Gasteiger partial charge in [0.05, 0.1) is 11.0 Å². The van der Waals surface area contributed by atoms with Crippen LogP contribution in [0.4, 0.5) is 10.5 Å². The Balaban J connectivity index is 1.29. The number of amidine groups is 1. The van der Waals surface area contributed by atoms with E-state index >= 15 is 0 Å². The van der Waals surface area contributed by atoms with Gasteiger partial charge < -0.3 is 15.5 Å². The van der Waals surface area contributed by atoms with Crippen molar-refractivity contribution >= 4 is 28.6 Å². The summed E-state index contributed by atoms with van der Waals surface area (Å²) in [6.45, 7) is 1.91. The van der Waals surface area contributed by atoms with Gasteiger partial charge in [0.15, 0.2) is 5.82 Å². The van der Waals surface area contributed by atoms with Crippen molar-refractivity contribution in [1.82, 2.24) is 30.6 Å². The Morgan fingerprint density at radius 3 is 2.58 bits per heavy atom. The van der Waals surface area contributed by atoms with Crippen LogP contribution in [0.5, 0.6) is 5.75 Å². The molecule has 3 aromatic carbocycles. The Bertz CT molecular complexity index is 1530. The summed E-state index contributed by atoms with van der Waals surface area (Å²) in [6, 6.07) is 22.0. The molecule has 192 valence electrons. The van der Waals surface area contributed by atoms with Crippen molar-refractivity contribution < 1.29 is 9.53 Å². The number of anilines is 1. The van der Waals surface area contributed by atoms with Crippen molar-refractivity contribution in [2.75, 3.05) is 4.90 Å². The van der Waals surface area contributed by atoms with Crippen molar-refractivity contribution in [2.45, 2.75) is 32.2 Å². The van der Waals surface area contributed by atoms with E-state index in [4.69, 9.17) is 15.9 Å². The van der Waals surface area contributed by atoms with Gasteiger partial charge in [-0.1, -0.05) is 47.7 Å². The van der Waals surface area contributed by atoms with Gasteiger partial charge in [0.2, 0.25) is 0 Å². The highest BCUT2D eigenvalue weighted by Gasteiger charge is 2.25. The number of imidazole rings is 1. The fraction of sp³-hybridized carbons (Fsp3) is 0.185. The first-order valence-corrected chi connectivity index (χ1v) is 12.2. The molecule has 0 aliphatic heterocycles. The van der Waals surface area contributed by atoms with Crippen LogP contribution in [-0.2, 0) is 19.3 Å². The van der Waals surface area contributed by atoms with Gasteiger partial charge in [-0.2, -0.15) is 5.21 Å². The van der Waals surface area contributed by atoms with Gasteiger partial charge in [-0.15, -0.1) is 10.2 Å². The van der Waals surface area contributed by atoms with Crippen LogP contribution < -0.4 is 15.4 Å². The van der Waals surface area contributed by atoms with Gasteiger partial charge in [0, 0.05) is 36.2 Å². The van der Waals surface area contributed by atoms with Crippen molar-refractivity contribution in [1.29, 1.82) is 5.41 Å². The first kappa shape index (κ1) is 24.6. The third-order valence-electron chi connectivity index (χ3n) is 6.16. The molecule has 0 spiro atoms. The fourth-order valence-electron chi connectivity index (χ4n) is 4.24. The lowest BCUT2D eigenvalue weighted by Gasteiger charge is -2.27. The predicted octanol–water partition coefficient (Wildman–Crippen LogP) is 3.78. The van der Waals surface area contributed by atoms with E-state index in [1.807, 2.05) is 67.6 Å². The number of benzene rings is 3. The van der Waals surface area contributed by atoms with Gasteiger partial charge in [0.25, 0.3) is 0 Å². The number of aryl methyl sites for hydroxylation is 2. The number of nitrogens with zero attached hydrogens (tertiary/aromatic N) is 5. The van der Waals surface area contributed by atoms with Crippen LogP contribution in [0.15, 0.2) is 72.8 Å². The van der Waals surface area contributed by atoms with Crippen LogP contribution in [0.25, 0.3) is 11.0 Å². The normalized spacial score (nSPS) is 11.8. The molecule has 1 unspecified atom stereocenters. The number of amides is 1. The molecule has 0 aliphatic carbocycles. The highest BCUT2D eigenvalue weighted by Crippen LogP contribution is 2.24. The molecule has 11 nitrogen and oxygen atoms in total. The lowest BCUT2D eigenvalue weighted by Crippen LogP contribution is -2.42. The molecule has 0 fully saturated rings. The summed E-state index contributed by atoms with van der Waals surface area (Å²) in [6.07, 6.45) is 1.38. The van der Waals surface area contributed by atoms with Crippen molar-refractivity contribution in [3.8, 4) is 5.75 Å². The van der Waals surface area contributed by atoms with Gasteiger partial charge in [-0.3, -0.25) is 10.3 Å². The Morgan fingerprint density at radius 2 is 1.87 bits per heavy atom. The van der Waals surface area contributed by atoms with E-state index in [0.717, 1.165) is 28.8 Å². The molecular formula is C27H27N9O2.